The van der Waals surface area contributed by atoms with Gasteiger partial charge in [-0.15, -0.1) is 11.3 Å². The Kier molecular flexibility index (Phi) is 3.93. The van der Waals surface area contributed by atoms with E-state index in [9.17, 15) is 14.7 Å². The Balaban J connectivity index is 1.75. The highest BCUT2D eigenvalue weighted by Crippen LogP contribution is 2.41. The summed E-state index contributed by atoms with van der Waals surface area (Å²) >= 11 is 1.69. The second-order valence-corrected chi connectivity index (χ2v) is 8.92. The number of carboxylic acids is 1. The fraction of sp³-hybridized carbons (Fsp3) is 0.381. The molecule has 144 valence electrons. The minimum atomic E-state index is -1.19. The van der Waals surface area contributed by atoms with Crippen LogP contribution >= 0.6 is 11.3 Å². The number of rotatable bonds is 3. The van der Waals surface area contributed by atoms with Crippen molar-refractivity contribution in [2.24, 2.45) is 5.73 Å². The fourth-order valence-electron chi connectivity index (χ4n) is 4.12. The van der Waals surface area contributed by atoms with Crippen molar-refractivity contribution in [2.45, 2.75) is 51.1 Å². The zero-order valence-corrected chi connectivity index (χ0v) is 16.4. The second kappa shape index (κ2) is 6.25. The largest absolute Gasteiger partial charge is 0.477 e. The number of aromatic nitrogens is 2. The lowest BCUT2D eigenvalue weighted by Crippen LogP contribution is -2.19. The van der Waals surface area contributed by atoms with Crippen LogP contribution < -0.4 is 11.2 Å². The molecule has 0 aliphatic heterocycles. The molecule has 1 fully saturated rings. The van der Waals surface area contributed by atoms with E-state index in [2.05, 4.69) is 6.07 Å². The molecular weight excluding hydrogens is 374 g/mol. The molecule has 0 amide bonds. The molecule has 0 radical (unpaired) electrons. The van der Waals surface area contributed by atoms with Gasteiger partial charge >= 0.3 is 5.97 Å². The molecule has 3 heterocycles. The summed E-state index contributed by atoms with van der Waals surface area (Å²) in [6, 6.07) is 4.29. The Morgan fingerprint density at radius 1 is 1.32 bits per heavy atom. The Labute approximate surface area is 165 Å². The van der Waals surface area contributed by atoms with Gasteiger partial charge in [0.2, 0.25) is 5.43 Å². The van der Waals surface area contributed by atoms with Crippen molar-refractivity contribution >= 4 is 28.3 Å². The molecule has 28 heavy (non-hydrogen) atoms. The van der Waals surface area contributed by atoms with E-state index in [0.717, 1.165) is 48.2 Å². The molecule has 2 aliphatic carbocycles. The molecule has 7 heteroatoms. The summed E-state index contributed by atoms with van der Waals surface area (Å²) in [4.78, 5) is 31.4. The number of nitrogens with zero attached hydrogens (tertiary/aromatic N) is 2. The van der Waals surface area contributed by atoms with Crippen LogP contribution in [0.4, 0.5) is 0 Å². The average Bonchev–Trinajstić information content (AvgIpc) is 3.40. The number of aromatic carboxylic acids is 1. The van der Waals surface area contributed by atoms with Gasteiger partial charge in [0.15, 0.2) is 0 Å². The Hall–Kier alpha value is -2.51. The highest BCUT2D eigenvalue weighted by atomic mass is 32.1. The average molecular weight is 395 g/mol. The van der Waals surface area contributed by atoms with Gasteiger partial charge in [0.1, 0.15) is 11.2 Å². The second-order valence-electron chi connectivity index (χ2n) is 7.84. The van der Waals surface area contributed by atoms with E-state index in [1.54, 1.807) is 17.4 Å². The third kappa shape index (κ3) is 2.69. The van der Waals surface area contributed by atoms with Crippen LogP contribution in [0, 0.1) is 6.92 Å². The first-order valence-corrected chi connectivity index (χ1v) is 10.4. The van der Waals surface area contributed by atoms with Gasteiger partial charge in [0.05, 0.1) is 16.0 Å². The van der Waals surface area contributed by atoms with Crippen LogP contribution in [-0.2, 0) is 6.42 Å². The molecule has 0 saturated heterocycles. The number of thiophene rings is 1. The van der Waals surface area contributed by atoms with Crippen molar-refractivity contribution in [1.29, 1.82) is 0 Å². The molecule has 6 nitrogen and oxygen atoms in total. The van der Waals surface area contributed by atoms with Gasteiger partial charge in [-0.05, 0) is 62.3 Å². The van der Waals surface area contributed by atoms with Crippen LogP contribution in [0.1, 0.15) is 64.1 Å². The zero-order chi connectivity index (χ0) is 19.6. The molecule has 1 atom stereocenters. The van der Waals surface area contributed by atoms with E-state index >= 15 is 0 Å². The predicted octanol–water partition coefficient (Wildman–Crippen LogP) is 3.80. The summed E-state index contributed by atoms with van der Waals surface area (Å²) in [7, 11) is 0. The summed E-state index contributed by atoms with van der Waals surface area (Å²) in [5.74, 6) is -1.19. The van der Waals surface area contributed by atoms with Crippen molar-refractivity contribution in [3.05, 3.63) is 50.1 Å². The van der Waals surface area contributed by atoms with E-state index in [1.165, 1.54) is 16.6 Å². The van der Waals surface area contributed by atoms with Crippen LogP contribution in [-0.4, -0.2) is 20.6 Å². The monoisotopic (exact) mass is 395 g/mol. The highest BCUT2D eigenvalue weighted by Gasteiger charge is 2.28. The molecule has 0 spiro atoms. The third-order valence-electron chi connectivity index (χ3n) is 5.74. The van der Waals surface area contributed by atoms with E-state index in [1.807, 2.05) is 11.5 Å². The van der Waals surface area contributed by atoms with Crippen molar-refractivity contribution < 1.29 is 9.90 Å². The van der Waals surface area contributed by atoms with E-state index < -0.39 is 11.4 Å². The standard InChI is InChI=1S/C21H21N3O3S/c1-10-7-13-18(25)14(21(26)27)9-24(12-5-6-12)20(13)23-17(10)16-8-11-3-2-4-15(22)19(11)28-16/h7-9,12,15H,2-6,22H2,1H3,(H,26,27). The topological polar surface area (TPSA) is 98.2 Å². The quantitative estimate of drug-likeness (QED) is 0.703. The van der Waals surface area contributed by atoms with Crippen LogP contribution in [0.25, 0.3) is 21.6 Å². The molecule has 0 bridgehead atoms. The van der Waals surface area contributed by atoms with Gasteiger partial charge in [-0.1, -0.05) is 0 Å². The van der Waals surface area contributed by atoms with Crippen molar-refractivity contribution in [3.63, 3.8) is 0 Å². The summed E-state index contributed by atoms with van der Waals surface area (Å²) in [5, 5.41) is 9.81. The number of hydrogen-bond donors (Lipinski definition) is 2. The number of fused-ring (bicyclic) bond motifs is 2. The molecule has 3 aromatic rings. The highest BCUT2D eigenvalue weighted by molar-refractivity contribution is 7.15. The normalized spacial score (nSPS) is 19.0. The number of carboxylic acid groups (broad SMARTS) is 1. The first-order chi connectivity index (χ1) is 13.4. The van der Waals surface area contributed by atoms with Crippen LogP contribution in [0.2, 0.25) is 0 Å². The molecule has 5 rings (SSSR count). The van der Waals surface area contributed by atoms with Crippen LogP contribution in [0.3, 0.4) is 0 Å². The maximum atomic E-state index is 12.7. The lowest BCUT2D eigenvalue weighted by atomic mass is 9.95. The molecular formula is C21H21N3O3S. The van der Waals surface area contributed by atoms with Crippen molar-refractivity contribution in [1.82, 2.24) is 9.55 Å². The fourth-order valence-corrected chi connectivity index (χ4v) is 5.42. The Morgan fingerprint density at radius 3 is 2.79 bits per heavy atom. The molecule has 1 unspecified atom stereocenters. The number of aryl methyl sites for hydroxylation is 2. The number of pyridine rings is 2. The third-order valence-corrected chi connectivity index (χ3v) is 7.05. The van der Waals surface area contributed by atoms with Gasteiger partial charge in [0.25, 0.3) is 0 Å². The molecule has 3 N–H and O–H groups in total. The smallest absolute Gasteiger partial charge is 0.341 e. The van der Waals surface area contributed by atoms with E-state index in [4.69, 9.17) is 10.7 Å². The van der Waals surface area contributed by atoms with Gasteiger partial charge < -0.3 is 15.4 Å². The van der Waals surface area contributed by atoms with Gasteiger partial charge in [0, 0.05) is 23.2 Å². The van der Waals surface area contributed by atoms with Crippen molar-refractivity contribution in [2.75, 3.05) is 0 Å². The SMILES string of the molecule is Cc1cc2c(=O)c(C(=O)O)cn(C3CC3)c2nc1-c1cc2c(s1)C(N)CCC2. The van der Waals surface area contributed by atoms with Crippen LogP contribution in [0.5, 0.6) is 0 Å². The maximum absolute atomic E-state index is 12.7. The van der Waals surface area contributed by atoms with E-state index in [-0.39, 0.29) is 17.6 Å². The van der Waals surface area contributed by atoms with Gasteiger partial charge in [-0.25, -0.2) is 9.78 Å². The summed E-state index contributed by atoms with van der Waals surface area (Å²) in [6.45, 7) is 1.93. The number of carbonyl (C=O) groups is 1. The van der Waals surface area contributed by atoms with E-state index in [0.29, 0.717) is 11.0 Å². The minimum Gasteiger partial charge on any atom is -0.477 e. The number of hydrogen-bond acceptors (Lipinski definition) is 5. The lowest BCUT2D eigenvalue weighted by Gasteiger charge is -2.17. The Morgan fingerprint density at radius 2 is 2.11 bits per heavy atom. The first-order valence-electron chi connectivity index (χ1n) is 9.62. The van der Waals surface area contributed by atoms with Gasteiger partial charge in [-0.2, -0.15) is 0 Å². The van der Waals surface area contributed by atoms with Crippen molar-refractivity contribution in [3.8, 4) is 10.6 Å². The number of nitrogens with two attached hydrogens (primary N) is 1. The molecule has 2 aliphatic rings. The van der Waals surface area contributed by atoms with Crippen LogP contribution in [0.15, 0.2) is 23.1 Å². The first kappa shape index (κ1) is 17.6. The predicted molar refractivity (Wildman–Crippen MR) is 109 cm³/mol. The molecule has 0 aromatic carbocycles. The summed E-state index contributed by atoms with van der Waals surface area (Å²) < 4.78 is 1.88. The summed E-state index contributed by atoms with van der Waals surface area (Å²) in [5.41, 5.74) is 9.26. The maximum Gasteiger partial charge on any atom is 0.341 e. The molecule has 1 saturated carbocycles. The lowest BCUT2D eigenvalue weighted by molar-refractivity contribution is 0.0695. The minimum absolute atomic E-state index is 0.0889. The Bertz CT molecular complexity index is 1190. The van der Waals surface area contributed by atoms with Gasteiger partial charge in [-0.3, -0.25) is 4.79 Å². The zero-order valence-electron chi connectivity index (χ0n) is 15.6. The summed E-state index contributed by atoms with van der Waals surface area (Å²) in [6.07, 6.45) is 6.57. The molecule has 3 aromatic heterocycles.